The molecule has 1 aliphatic carbocycles. The van der Waals surface area contributed by atoms with E-state index in [1.54, 1.807) is 0 Å². The van der Waals surface area contributed by atoms with Gasteiger partial charge in [-0.25, -0.2) is 0 Å². The SMILES string of the molecule is CCOC1(C(=O)Cc2cccc(Br)c2)CCCCCC1. The maximum absolute atomic E-state index is 12.8. The van der Waals surface area contributed by atoms with Gasteiger partial charge in [0.15, 0.2) is 5.78 Å². The maximum atomic E-state index is 12.8. The summed E-state index contributed by atoms with van der Waals surface area (Å²) in [6.45, 7) is 2.60. The second-order valence-corrected chi connectivity index (χ2v) is 6.49. The van der Waals surface area contributed by atoms with Crippen LogP contribution in [-0.2, 0) is 16.0 Å². The first-order valence-electron chi connectivity index (χ1n) is 7.58. The lowest BCUT2D eigenvalue weighted by molar-refractivity contribution is -0.145. The van der Waals surface area contributed by atoms with E-state index in [4.69, 9.17) is 4.74 Å². The number of hydrogen-bond acceptors (Lipinski definition) is 2. The van der Waals surface area contributed by atoms with Crippen molar-refractivity contribution in [3.05, 3.63) is 34.3 Å². The first kappa shape index (κ1) is 15.7. The molecular formula is C17H23BrO2. The molecule has 0 aromatic heterocycles. The van der Waals surface area contributed by atoms with Crippen molar-refractivity contribution < 1.29 is 9.53 Å². The summed E-state index contributed by atoms with van der Waals surface area (Å²) >= 11 is 3.46. The van der Waals surface area contributed by atoms with Crippen LogP contribution in [0.4, 0.5) is 0 Å². The van der Waals surface area contributed by atoms with E-state index in [9.17, 15) is 4.79 Å². The van der Waals surface area contributed by atoms with E-state index < -0.39 is 5.60 Å². The summed E-state index contributed by atoms with van der Waals surface area (Å²) in [5.74, 6) is 0.249. The molecule has 0 heterocycles. The smallest absolute Gasteiger partial charge is 0.168 e. The molecule has 0 aliphatic heterocycles. The van der Waals surface area contributed by atoms with Crippen LogP contribution in [0.2, 0.25) is 0 Å². The zero-order valence-corrected chi connectivity index (χ0v) is 13.7. The summed E-state index contributed by atoms with van der Waals surface area (Å²) in [5, 5.41) is 0. The molecule has 110 valence electrons. The molecule has 2 nitrogen and oxygen atoms in total. The highest BCUT2D eigenvalue weighted by atomic mass is 79.9. The number of Topliss-reactive ketones (excluding diaryl/α,β-unsaturated/α-hetero) is 1. The molecule has 0 radical (unpaired) electrons. The predicted octanol–water partition coefficient (Wildman–Crippen LogP) is 4.69. The normalized spacial score (nSPS) is 18.5. The van der Waals surface area contributed by atoms with Crippen molar-refractivity contribution >= 4 is 21.7 Å². The van der Waals surface area contributed by atoms with Gasteiger partial charge in [0.1, 0.15) is 5.60 Å². The van der Waals surface area contributed by atoms with E-state index in [0.717, 1.165) is 35.7 Å². The zero-order chi connectivity index (χ0) is 14.4. The van der Waals surface area contributed by atoms with Gasteiger partial charge in [-0.05, 0) is 37.5 Å². The van der Waals surface area contributed by atoms with E-state index >= 15 is 0 Å². The number of carbonyl (C=O) groups excluding carboxylic acids is 1. The number of ether oxygens (including phenoxy) is 1. The highest BCUT2D eigenvalue weighted by molar-refractivity contribution is 9.10. The van der Waals surface area contributed by atoms with Crippen LogP contribution in [-0.4, -0.2) is 18.0 Å². The van der Waals surface area contributed by atoms with E-state index in [-0.39, 0.29) is 5.78 Å². The Labute approximate surface area is 130 Å². The predicted molar refractivity (Wildman–Crippen MR) is 84.9 cm³/mol. The molecule has 0 atom stereocenters. The summed E-state index contributed by atoms with van der Waals surface area (Å²) in [6.07, 6.45) is 6.88. The minimum atomic E-state index is -0.534. The Hall–Kier alpha value is -0.670. The molecule has 0 unspecified atom stereocenters. The van der Waals surface area contributed by atoms with Crippen LogP contribution in [0.1, 0.15) is 51.0 Å². The zero-order valence-electron chi connectivity index (χ0n) is 12.2. The van der Waals surface area contributed by atoms with Crippen molar-refractivity contribution in [3.63, 3.8) is 0 Å². The number of halogens is 1. The Morgan fingerprint density at radius 1 is 1.25 bits per heavy atom. The fourth-order valence-corrected chi connectivity index (χ4v) is 3.52. The van der Waals surface area contributed by atoms with Crippen molar-refractivity contribution in [1.29, 1.82) is 0 Å². The van der Waals surface area contributed by atoms with E-state index in [2.05, 4.69) is 15.9 Å². The molecule has 1 aromatic carbocycles. The van der Waals surface area contributed by atoms with Crippen LogP contribution >= 0.6 is 15.9 Å². The van der Waals surface area contributed by atoms with Crippen molar-refractivity contribution in [3.8, 4) is 0 Å². The standard InChI is InChI=1S/C17H23BrO2/c1-2-20-17(10-5-3-4-6-11-17)16(19)13-14-8-7-9-15(18)12-14/h7-9,12H,2-6,10-11,13H2,1H3. The molecule has 0 bridgehead atoms. The third-order valence-corrected chi connectivity index (χ3v) is 4.59. The third-order valence-electron chi connectivity index (χ3n) is 4.09. The second-order valence-electron chi connectivity index (χ2n) is 5.57. The van der Waals surface area contributed by atoms with E-state index in [0.29, 0.717) is 13.0 Å². The van der Waals surface area contributed by atoms with Crippen LogP contribution in [0, 0.1) is 0 Å². The lowest BCUT2D eigenvalue weighted by Crippen LogP contribution is -2.42. The Balaban J connectivity index is 2.13. The fraction of sp³-hybridized carbons (Fsp3) is 0.588. The average Bonchev–Trinajstić information content (AvgIpc) is 2.66. The molecule has 20 heavy (non-hydrogen) atoms. The molecule has 0 saturated heterocycles. The molecule has 1 aromatic rings. The number of rotatable bonds is 5. The third kappa shape index (κ3) is 3.92. The topological polar surface area (TPSA) is 26.3 Å². The first-order chi connectivity index (χ1) is 9.66. The monoisotopic (exact) mass is 338 g/mol. The largest absolute Gasteiger partial charge is 0.367 e. The first-order valence-corrected chi connectivity index (χ1v) is 8.37. The summed E-state index contributed by atoms with van der Waals surface area (Å²) < 4.78 is 6.98. The number of ketones is 1. The van der Waals surface area contributed by atoms with Gasteiger partial charge < -0.3 is 4.74 Å². The van der Waals surface area contributed by atoms with Crippen LogP contribution in [0.5, 0.6) is 0 Å². The maximum Gasteiger partial charge on any atom is 0.168 e. The van der Waals surface area contributed by atoms with Crippen LogP contribution in [0.15, 0.2) is 28.7 Å². The van der Waals surface area contributed by atoms with Gasteiger partial charge >= 0.3 is 0 Å². The lowest BCUT2D eigenvalue weighted by atomic mass is 9.86. The molecule has 0 N–H and O–H groups in total. The number of benzene rings is 1. The highest BCUT2D eigenvalue weighted by Gasteiger charge is 2.38. The number of carbonyl (C=O) groups is 1. The van der Waals surface area contributed by atoms with Gasteiger partial charge in [0.25, 0.3) is 0 Å². The van der Waals surface area contributed by atoms with Crippen molar-refractivity contribution in [2.75, 3.05) is 6.61 Å². The molecular weight excluding hydrogens is 316 g/mol. The van der Waals surface area contributed by atoms with Crippen molar-refractivity contribution in [2.24, 2.45) is 0 Å². The van der Waals surface area contributed by atoms with Gasteiger partial charge in [0.2, 0.25) is 0 Å². The summed E-state index contributed by atoms with van der Waals surface area (Å²) in [4.78, 5) is 12.8. The van der Waals surface area contributed by atoms with Gasteiger partial charge in [-0.1, -0.05) is 53.7 Å². The minimum Gasteiger partial charge on any atom is -0.367 e. The molecule has 1 fully saturated rings. The molecule has 1 saturated carbocycles. The summed E-state index contributed by atoms with van der Waals surface area (Å²) in [7, 11) is 0. The second kappa shape index (κ2) is 7.37. The molecule has 2 rings (SSSR count). The highest BCUT2D eigenvalue weighted by Crippen LogP contribution is 2.32. The fourth-order valence-electron chi connectivity index (χ4n) is 3.07. The van der Waals surface area contributed by atoms with Gasteiger partial charge in [-0.2, -0.15) is 0 Å². The molecule has 0 amide bonds. The van der Waals surface area contributed by atoms with E-state index in [1.807, 2.05) is 31.2 Å². The Bertz CT molecular complexity index is 448. The minimum absolute atomic E-state index is 0.249. The molecule has 1 aliphatic rings. The van der Waals surface area contributed by atoms with Crippen LogP contribution in [0.25, 0.3) is 0 Å². The van der Waals surface area contributed by atoms with Crippen molar-refractivity contribution in [2.45, 2.75) is 57.5 Å². The average molecular weight is 339 g/mol. The van der Waals surface area contributed by atoms with Gasteiger partial charge in [-0.15, -0.1) is 0 Å². The van der Waals surface area contributed by atoms with Crippen LogP contribution in [0.3, 0.4) is 0 Å². The number of hydrogen-bond donors (Lipinski definition) is 0. The van der Waals surface area contributed by atoms with Crippen molar-refractivity contribution in [1.82, 2.24) is 0 Å². The van der Waals surface area contributed by atoms with Gasteiger partial charge in [0, 0.05) is 17.5 Å². The Morgan fingerprint density at radius 3 is 2.55 bits per heavy atom. The molecule has 0 spiro atoms. The Kier molecular flexibility index (Phi) is 5.79. The van der Waals surface area contributed by atoms with Crippen LogP contribution < -0.4 is 0 Å². The summed E-state index contributed by atoms with van der Waals surface area (Å²) in [5.41, 5.74) is 0.529. The van der Waals surface area contributed by atoms with E-state index in [1.165, 1.54) is 12.8 Å². The summed E-state index contributed by atoms with van der Waals surface area (Å²) in [6, 6.07) is 8.00. The van der Waals surface area contributed by atoms with Gasteiger partial charge in [0.05, 0.1) is 0 Å². The molecule has 3 heteroatoms. The lowest BCUT2D eigenvalue weighted by Gasteiger charge is -2.31. The van der Waals surface area contributed by atoms with Gasteiger partial charge in [-0.3, -0.25) is 4.79 Å². The Morgan fingerprint density at radius 2 is 1.95 bits per heavy atom. The quantitative estimate of drug-likeness (QED) is 0.728.